The molecule has 128 valence electrons. The molecule has 0 aliphatic heterocycles. The summed E-state index contributed by atoms with van der Waals surface area (Å²) in [6, 6.07) is 15.5. The van der Waals surface area contributed by atoms with Crippen LogP contribution in [0.4, 0.5) is 0 Å². The van der Waals surface area contributed by atoms with Gasteiger partial charge in [0.05, 0.1) is 13.7 Å². The largest absolute Gasteiger partial charge is 0.497 e. The summed E-state index contributed by atoms with van der Waals surface area (Å²) in [6.07, 6.45) is 0.802. The third-order valence-electron chi connectivity index (χ3n) is 3.67. The van der Waals surface area contributed by atoms with Crippen LogP contribution >= 0.6 is 11.6 Å². The van der Waals surface area contributed by atoms with Gasteiger partial charge in [-0.3, -0.25) is 9.69 Å². The van der Waals surface area contributed by atoms with E-state index in [4.69, 9.17) is 16.3 Å². The molecule has 0 aliphatic carbocycles. The predicted molar refractivity (Wildman–Crippen MR) is 97.5 cm³/mol. The molecule has 0 fully saturated rings. The Kier molecular flexibility index (Phi) is 7.09. The lowest BCUT2D eigenvalue weighted by Crippen LogP contribution is -2.35. The van der Waals surface area contributed by atoms with Crippen LogP contribution < -0.4 is 10.1 Å². The molecule has 0 atom stereocenters. The Morgan fingerprint density at radius 1 is 1.08 bits per heavy atom. The molecule has 0 saturated heterocycles. The maximum atomic E-state index is 12.0. The van der Waals surface area contributed by atoms with Gasteiger partial charge in [0, 0.05) is 18.1 Å². The van der Waals surface area contributed by atoms with Gasteiger partial charge in [-0.2, -0.15) is 0 Å². The van der Waals surface area contributed by atoms with Crippen LogP contribution in [0.2, 0.25) is 5.02 Å². The molecule has 1 amide bonds. The van der Waals surface area contributed by atoms with E-state index in [-0.39, 0.29) is 5.91 Å². The molecule has 0 aliphatic rings. The molecule has 1 N–H and O–H groups in total. The second-order valence-electron chi connectivity index (χ2n) is 5.75. The first-order valence-electron chi connectivity index (χ1n) is 7.89. The average Bonchev–Trinajstić information content (AvgIpc) is 2.57. The van der Waals surface area contributed by atoms with Crippen molar-refractivity contribution in [3.8, 4) is 5.75 Å². The van der Waals surface area contributed by atoms with Crippen LogP contribution in [0.5, 0.6) is 5.75 Å². The van der Waals surface area contributed by atoms with E-state index in [9.17, 15) is 4.79 Å². The van der Waals surface area contributed by atoms with E-state index in [0.717, 1.165) is 22.8 Å². The van der Waals surface area contributed by atoms with Crippen molar-refractivity contribution < 1.29 is 9.53 Å². The van der Waals surface area contributed by atoms with Crippen molar-refractivity contribution in [3.05, 3.63) is 64.7 Å². The Bertz CT molecular complexity index is 641. The number of hydrogen-bond acceptors (Lipinski definition) is 3. The van der Waals surface area contributed by atoms with E-state index in [2.05, 4.69) is 5.32 Å². The number of hydrogen-bond donors (Lipinski definition) is 1. The monoisotopic (exact) mass is 346 g/mol. The van der Waals surface area contributed by atoms with Crippen LogP contribution in [-0.2, 0) is 17.8 Å². The smallest absolute Gasteiger partial charge is 0.234 e. The second-order valence-corrected chi connectivity index (χ2v) is 6.18. The van der Waals surface area contributed by atoms with E-state index in [1.54, 1.807) is 7.11 Å². The van der Waals surface area contributed by atoms with Gasteiger partial charge in [-0.05, 0) is 48.9 Å². The SMILES string of the molecule is COc1ccc(CCNC(=O)CN(C)Cc2ccc(Cl)cc2)cc1. The second kappa shape index (κ2) is 9.30. The summed E-state index contributed by atoms with van der Waals surface area (Å²) in [5, 5.41) is 3.67. The molecular formula is C19H23ClN2O2. The molecule has 0 spiro atoms. The molecule has 0 heterocycles. The predicted octanol–water partition coefficient (Wildman–Crippen LogP) is 3.14. The van der Waals surface area contributed by atoms with Crippen molar-refractivity contribution in [1.29, 1.82) is 0 Å². The number of nitrogens with one attached hydrogen (secondary N) is 1. The van der Waals surface area contributed by atoms with Crippen LogP contribution in [-0.4, -0.2) is 38.1 Å². The summed E-state index contributed by atoms with van der Waals surface area (Å²) in [5.41, 5.74) is 2.30. The molecule has 0 aromatic heterocycles. The highest BCUT2D eigenvalue weighted by Crippen LogP contribution is 2.12. The Hall–Kier alpha value is -2.04. The summed E-state index contributed by atoms with van der Waals surface area (Å²) in [5.74, 6) is 0.867. The van der Waals surface area contributed by atoms with Gasteiger partial charge in [0.25, 0.3) is 0 Å². The lowest BCUT2D eigenvalue weighted by molar-refractivity contribution is -0.122. The topological polar surface area (TPSA) is 41.6 Å². The van der Waals surface area contributed by atoms with Gasteiger partial charge in [0.15, 0.2) is 0 Å². The van der Waals surface area contributed by atoms with Gasteiger partial charge >= 0.3 is 0 Å². The van der Waals surface area contributed by atoms with Crippen LogP contribution in [0.25, 0.3) is 0 Å². The van der Waals surface area contributed by atoms with Gasteiger partial charge in [-0.25, -0.2) is 0 Å². The van der Waals surface area contributed by atoms with Gasteiger partial charge < -0.3 is 10.1 Å². The minimum absolute atomic E-state index is 0.0278. The number of amides is 1. The van der Waals surface area contributed by atoms with Crippen LogP contribution in [0.3, 0.4) is 0 Å². The fourth-order valence-electron chi connectivity index (χ4n) is 2.40. The normalized spacial score (nSPS) is 10.7. The van der Waals surface area contributed by atoms with Gasteiger partial charge in [0.1, 0.15) is 5.75 Å². The Balaban J connectivity index is 1.69. The molecular weight excluding hydrogens is 324 g/mol. The maximum absolute atomic E-state index is 12.0. The van der Waals surface area contributed by atoms with E-state index in [0.29, 0.717) is 19.6 Å². The summed E-state index contributed by atoms with van der Waals surface area (Å²) in [4.78, 5) is 14.0. The first kappa shape index (κ1) is 18.3. The Morgan fingerprint density at radius 3 is 2.33 bits per heavy atom. The lowest BCUT2D eigenvalue weighted by atomic mass is 10.1. The highest BCUT2D eigenvalue weighted by molar-refractivity contribution is 6.30. The minimum Gasteiger partial charge on any atom is -0.497 e. The molecule has 2 aromatic carbocycles. The molecule has 2 rings (SSSR count). The zero-order valence-electron chi connectivity index (χ0n) is 14.1. The molecule has 2 aromatic rings. The summed E-state index contributed by atoms with van der Waals surface area (Å²) in [6.45, 7) is 1.70. The Morgan fingerprint density at radius 2 is 1.71 bits per heavy atom. The lowest BCUT2D eigenvalue weighted by Gasteiger charge is -2.16. The third-order valence-corrected chi connectivity index (χ3v) is 3.93. The number of methoxy groups -OCH3 is 1. The van der Waals surface area contributed by atoms with Gasteiger partial charge in [0.2, 0.25) is 5.91 Å². The molecule has 0 unspecified atom stereocenters. The third kappa shape index (κ3) is 6.22. The van der Waals surface area contributed by atoms with Crippen molar-refractivity contribution in [2.45, 2.75) is 13.0 Å². The molecule has 24 heavy (non-hydrogen) atoms. The summed E-state index contributed by atoms with van der Waals surface area (Å²) >= 11 is 5.87. The number of likely N-dealkylation sites (N-methyl/N-ethyl adjacent to an activating group) is 1. The van der Waals surface area contributed by atoms with Crippen molar-refractivity contribution >= 4 is 17.5 Å². The maximum Gasteiger partial charge on any atom is 0.234 e. The highest BCUT2D eigenvalue weighted by atomic mass is 35.5. The van der Waals surface area contributed by atoms with Crippen LogP contribution in [0.15, 0.2) is 48.5 Å². The molecule has 0 saturated carbocycles. The number of carbonyl (C=O) groups excluding carboxylic acids is 1. The van der Waals surface area contributed by atoms with E-state index < -0.39 is 0 Å². The number of halogens is 1. The number of ether oxygens (including phenoxy) is 1. The van der Waals surface area contributed by atoms with Gasteiger partial charge in [-0.15, -0.1) is 0 Å². The van der Waals surface area contributed by atoms with E-state index in [1.807, 2.05) is 60.5 Å². The quantitative estimate of drug-likeness (QED) is 0.798. The average molecular weight is 347 g/mol. The van der Waals surface area contributed by atoms with Crippen LogP contribution in [0, 0.1) is 0 Å². The van der Waals surface area contributed by atoms with Crippen molar-refractivity contribution in [1.82, 2.24) is 10.2 Å². The first-order valence-corrected chi connectivity index (χ1v) is 8.27. The number of benzene rings is 2. The zero-order chi connectivity index (χ0) is 17.4. The molecule has 4 nitrogen and oxygen atoms in total. The number of nitrogens with zero attached hydrogens (tertiary/aromatic N) is 1. The van der Waals surface area contributed by atoms with Crippen molar-refractivity contribution in [2.24, 2.45) is 0 Å². The fourth-order valence-corrected chi connectivity index (χ4v) is 2.52. The van der Waals surface area contributed by atoms with E-state index >= 15 is 0 Å². The Labute approximate surface area is 148 Å². The standard InChI is InChI=1S/C19H23ClN2O2/c1-22(13-16-3-7-17(20)8-4-16)14-19(23)21-12-11-15-5-9-18(24-2)10-6-15/h3-10H,11-14H2,1-2H3,(H,21,23). The highest BCUT2D eigenvalue weighted by Gasteiger charge is 2.07. The summed E-state index contributed by atoms with van der Waals surface area (Å²) < 4.78 is 5.13. The first-order chi connectivity index (χ1) is 11.6. The minimum atomic E-state index is 0.0278. The molecule has 5 heteroatoms. The van der Waals surface area contributed by atoms with E-state index in [1.165, 1.54) is 5.56 Å². The van der Waals surface area contributed by atoms with Crippen LogP contribution in [0.1, 0.15) is 11.1 Å². The van der Waals surface area contributed by atoms with Gasteiger partial charge in [-0.1, -0.05) is 35.9 Å². The summed E-state index contributed by atoms with van der Waals surface area (Å²) in [7, 11) is 3.58. The number of carbonyl (C=O) groups is 1. The number of rotatable bonds is 8. The van der Waals surface area contributed by atoms with Crippen molar-refractivity contribution in [3.63, 3.8) is 0 Å². The zero-order valence-corrected chi connectivity index (χ0v) is 14.8. The molecule has 0 radical (unpaired) electrons. The fraction of sp³-hybridized carbons (Fsp3) is 0.316. The van der Waals surface area contributed by atoms with Crippen molar-refractivity contribution in [2.75, 3.05) is 27.2 Å². The molecule has 0 bridgehead atoms.